The third kappa shape index (κ3) is 3.58. The zero-order chi connectivity index (χ0) is 11.3. The van der Waals surface area contributed by atoms with Crippen LogP contribution in [-0.4, -0.2) is 12.1 Å². The highest BCUT2D eigenvalue weighted by Crippen LogP contribution is 2.28. The van der Waals surface area contributed by atoms with Crippen LogP contribution in [0.5, 0.6) is 0 Å². The molecular formula is C13H22N2S. The van der Waals surface area contributed by atoms with Gasteiger partial charge in [0.15, 0.2) is 0 Å². The third-order valence-electron chi connectivity index (χ3n) is 3.56. The van der Waals surface area contributed by atoms with Gasteiger partial charge in [-0.15, -0.1) is 0 Å². The van der Waals surface area contributed by atoms with Gasteiger partial charge in [0.05, 0.1) is 0 Å². The van der Waals surface area contributed by atoms with Gasteiger partial charge in [0, 0.05) is 12.1 Å². The normalized spacial score (nSPS) is 19.8. The van der Waals surface area contributed by atoms with Crippen LogP contribution in [0.3, 0.4) is 0 Å². The lowest BCUT2D eigenvalue weighted by Crippen LogP contribution is -2.43. The van der Waals surface area contributed by atoms with Gasteiger partial charge in [0.2, 0.25) is 0 Å². The number of rotatable bonds is 5. The zero-order valence-corrected chi connectivity index (χ0v) is 10.7. The Morgan fingerprint density at radius 1 is 1.31 bits per heavy atom. The van der Waals surface area contributed by atoms with Gasteiger partial charge in [-0.1, -0.05) is 19.3 Å². The monoisotopic (exact) mass is 238 g/mol. The summed E-state index contributed by atoms with van der Waals surface area (Å²) in [5.41, 5.74) is 7.89. The predicted octanol–water partition coefficient (Wildman–Crippen LogP) is 2.89. The molecule has 0 bridgehead atoms. The molecule has 90 valence electrons. The Morgan fingerprint density at radius 2 is 2.12 bits per heavy atom. The minimum atomic E-state index is 0.125. The van der Waals surface area contributed by atoms with E-state index in [9.17, 15) is 0 Å². The summed E-state index contributed by atoms with van der Waals surface area (Å²) >= 11 is 1.76. The van der Waals surface area contributed by atoms with E-state index in [1.807, 2.05) is 0 Å². The van der Waals surface area contributed by atoms with E-state index in [1.54, 1.807) is 11.3 Å². The molecule has 0 amide bonds. The highest BCUT2D eigenvalue weighted by atomic mass is 32.1. The van der Waals surface area contributed by atoms with E-state index < -0.39 is 0 Å². The maximum absolute atomic E-state index is 6.38. The van der Waals surface area contributed by atoms with Crippen LogP contribution in [0.1, 0.15) is 44.1 Å². The Kier molecular flexibility index (Phi) is 4.38. The molecule has 2 nitrogen and oxygen atoms in total. The molecule has 1 aliphatic rings. The second-order valence-electron chi connectivity index (χ2n) is 4.98. The molecule has 1 saturated carbocycles. The molecule has 1 aromatic rings. The Balaban J connectivity index is 1.63. The summed E-state index contributed by atoms with van der Waals surface area (Å²) < 4.78 is 0. The minimum Gasteiger partial charge on any atom is -0.325 e. The van der Waals surface area contributed by atoms with Gasteiger partial charge in [-0.05, 0) is 48.2 Å². The van der Waals surface area contributed by atoms with Gasteiger partial charge in [-0.2, -0.15) is 11.3 Å². The first-order chi connectivity index (χ1) is 7.79. The van der Waals surface area contributed by atoms with Crippen LogP contribution in [0.15, 0.2) is 16.8 Å². The standard InChI is InChI=1S/C13H22N2S/c14-13(5-2-1-3-6-13)7-8-15-10-12-4-9-16-11-12/h4,9,11,15H,1-3,5-8,10,14H2. The summed E-state index contributed by atoms with van der Waals surface area (Å²) in [6, 6.07) is 2.18. The number of hydrogen-bond acceptors (Lipinski definition) is 3. The molecule has 0 spiro atoms. The molecule has 1 fully saturated rings. The molecule has 1 aromatic heterocycles. The fourth-order valence-corrected chi connectivity index (χ4v) is 3.14. The Labute approximate surface area is 102 Å². The summed E-state index contributed by atoms with van der Waals surface area (Å²) in [4.78, 5) is 0. The molecule has 0 unspecified atom stereocenters. The van der Waals surface area contributed by atoms with Crippen LogP contribution in [0.4, 0.5) is 0 Å². The maximum atomic E-state index is 6.38. The van der Waals surface area contributed by atoms with Crippen molar-refractivity contribution in [3.8, 4) is 0 Å². The molecule has 3 N–H and O–H groups in total. The summed E-state index contributed by atoms with van der Waals surface area (Å²) in [5.74, 6) is 0. The molecule has 0 aliphatic heterocycles. The SMILES string of the molecule is NC1(CCNCc2ccsc2)CCCCC1. The smallest absolute Gasteiger partial charge is 0.0213 e. The van der Waals surface area contributed by atoms with Crippen molar-refractivity contribution < 1.29 is 0 Å². The van der Waals surface area contributed by atoms with Gasteiger partial charge in [0.1, 0.15) is 0 Å². The van der Waals surface area contributed by atoms with Crippen molar-refractivity contribution in [1.29, 1.82) is 0 Å². The average molecular weight is 238 g/mol. The van der Waals surface area contributed by atoms with E-state index in [4.69, 9.17) is 5.73 Å². The van der Waals surface area contributed by atoms with Gasteiger partial charge in [-0.3, -0.25) is 0 Å². The zero-order valence-electron chi connectivity index (χ0n) is 9.87. The van der Waals surface area contributed by atoms with E-state index in [0.717, 1.165) is 19.5 Å². The Morgan fingerprint density at radius 3 is 2.81 bits per heavy atom. The van der Waals surface area contributed by atoms with Crippen molar-refractivity contribution in [2.45, 2.75) is 50.6 Å². The van der Waals surface area contributed by atoms with E-state index in [0.29, 0.717) is 0 Å². The second-order valence-corrected chi connectivity index (χ2v) is 5.76. The van der Waals surface area contributed by atoms with Crippen molar-refractivity contribution in [3.05, 3.63) is 22.4 Å². The average Bonchev–Trinajstić information content (AvgIpc) is 2.78. The quantitative estimate of drug-likeness (QED) is 0.774. The largest absolute Gasteiger partial charge is 0.325 e. The summed E-state index contributed by atoms with van der Waals surface area (Å²) in [6.45, 7) is 2.03. The second kappa shape index (κ2) is 5.80. The van der Waals surface area contributed by atoms with Crippen LogP contribution >= 0.6 is 11.3 Å². The first-order valence-corrected chi connectivity index (χ1v) is 7.23. The van der Waals surface area contributed by atoms with Crippen molar-refractivity contribution in [2.75, 3.05) is 6.54 Å². The Hall–Kier alpha value is -0.380. The number of nitrogens with two attached hydrogens (primary N) is 1. The Bertz CT molecular complexity index is 289. The number of hydrogen-bond donors (Lipinski definition) is 2. The van der Waals surface area contributed by atoms with Gasteiger partial charge in [0.25, 0.3) is 0 Å². The van der Waals surface area contributed by atoms with Crippen molar-refractivity contribution in [3.63, 3.8) is 0 Å². The van der Waals surface area contributed by atoms with Gasteiger partial charge >= 0.3 is 0 Å². The fraction of sp³-hybridized carbons (Fsp3) is 0.692. The molecular weight excluding hydrogens is 216 g/mol. The molecule has 1 heterocycles. The topological polar surface area (TPSA) is 38.0 Å². The minimum absolute atomic E-state index is 0.125. The summed E-state index contributed by atoms with van der Waals surface area (Å²) in [7, 11) is 0. The predicted molar refractivity (Wildman–Crippen MR) is 70.6 cm³/mol. The highest BCUT2D eigenvalue weighted by Gasteiger charge is 2.26. The fourth-order valence-electron chi connectivity index (χ4n) is 2.47. The molecule has 0 radical (unpaired) electrons. The van der Waals surface area contributed by atoms with Crippen LogP contribution in [0.25, 0.3) is 0 Å². The van der Waals surface area contributed by atoms with Gasteiger partial charge < -0.3 is 11.1 Å². The van der Waals surface area contributed by atoms with Crippen LogP contribution in [0.2, 0.25) is 0 Å². The van der Waals surface area contributed by atoms with E-state index >= 15 is 0 Å². The van der Waals surface area contributed by atoms with Crippen molar-refractivity contribution in [1.82, 2.24) is 5.32 Å². The molecule has 0 aromatic carbocycles. The third-order valence-corrected chi connectivity index (χ3v) is 4.29. The van der Waals surface area contributed by atoms with E-state index in [2.05, 4.69) is 22.1 Å². The molecule has 0 saturated heterocycles. The van der Waals surface area contributed by atoms with Gasteiger partial charge in [-0.25, -0.2) is 0 Å². The lowest BCUT2D eigenvalue weighted by Gasteiger charge is -2.33. The van der Waals surface area contributed by atoms with Crippen LogP contribution < -0.4 is 11.1 Å². The molecule has 3 heteroatoms. The number of nitrogens with one attached hydrogen (secondary N) is 1. The first-order valence-electron chi connectivity index (χ1n) is 6.29. The maximum Gasteiger partial charge on any atom is 0.0213 e. The van der Waals surface area contributed by atoms with Crippen LogP contribution in [-0.2, 0) is 6.54 Å². The lowest BCUT2D eigenvalue weighted by molar-refractivity contribution is 0.275. The molecule has 1 aliphatic carbocycles. The van der Waals surface area contributed by atoms with Crippen molar-refractivity contribution in [2.24, 2.45) is 5.73 Å². The molecule has 2 rings (SSSR count). The summed E-state index contributed by atoms with van der Waals surface area (Å²) in [6.07, 6.45) is 7.57. The first kappa shape index (κ1) is 12.1. The van der Waals surface area contributed by atoms with E-state index in [1.165, 1.54) is 37.7 Å². The van der Waals surface area contributed by atoms with Crippen molar-refractivity contribution >= 4 is 11.3 Å². The molecule has 0 atom stereocenters. The highest BCUT2D eigenvalue weighted by molar-refractivity contribution is 7.07. The van der Waals surface area contributed by atoms with Crippen LogP contribution in [0, 0.1) is 0 Å². The summed E-state index contributed by atoms with van der Waals surface area (Å²) in [5, 5.41) is 7.81. The number of thiophene rings is 1. The lowest BCUT2D eigenvalue weighted by atomic mass is 9.80. The molecule has 16 heavy (non-hydrogen) atoms. The van der Waals surface area contributed by atoms with E-state index in [-0.39, 0.29) is 5.54 Å².